The SMILES string of the molecule is COc1ccccc1/N=N/c1cc(S(=O)(=O)Cl)c2cccc(O)c2c1O. The van der Waals surface area contributed by atoms with Crippen molar-refractivity contribution in [2.45, 2.75) is 4.90 Å². The lowest BCUT2D eigenvalue weighted by Gasteiger charge is -2.09. The van der Waals surface area contributed by atoms with Crippen molar-refractivity contribution in [1.29, 1.82) is 0 Å². The van der Waals surface area contributed by atoms with Gasteiger partial charge < -0.3 is 14.9 Å². The summed E-state index contributed by atoms with van der Waals surface area (Å²) >= 11 is 0. The van der Waals surface area contributed by atoms with Gasteiger partial charge in [-0.1, -0.05) is 24.3 Å². The van der Waals surface area contributed by atoms with Crippen molar-refractivity contribution >= 4 is 41.9 Å². The Morgan fingerprint density at radius 1 is 1.00 bits per heavy atom. The number of ether oxygens (including phenoxy) is 1. The number of hydrogen-bond donors (Lipinski definition) is 2. The fourth-order valence-electron chi connectivity index (χ4n) is 2.49. The van der Waals surface area contributed by atoms with E-state index in [2.05, 4.69) is 10.2 Å². The van der Waals surface area contributed by atoms with Gasteiger partial charge in [-0.25, -0.2) is 8.42 Å². The highest BCUT2D eigenvalue weighted by molar-refractivity contribution is 8.14. The maximum Gasteiger partial charge on any atom is 0.262 e. The van der Waals surface area contributed by atoms with E-state index in [1.54, 1.807) is 24.3 Å². The number of aromatic hydroxyl groups is 2. The van der Waals surface area contributed by atoms with Crippen LogP contribution in [0.4, 0.5) is 11.4 Å². The average Bonchev–Trinajstić information content (AvgIpc) is 2.60. The molecule has 0 aliphatic carbocycles. The number of nitrogens with zero attached hydrogens (tertiary/aromatic N) is 2. The zero-order valence-electron chi connectivity index (χ0n) is 13.4. The summed E-state index contributed by atoms with van der Waals surface area (Å²) in [5, 5.41) is 28.4. The molecule has 0 spiro atoms. The molecule has 7 nitrogen and oxygen atoms in total. The maximum absolute atomic E-state index is 11.9. The summed E-state index contributed by atoms with van der Waals surface area (Å²) in [6.45, 7) is 0. The molecule has 0 radical (unpaired) electrons. The van der Waals surface area contributed by atoms with Gasteiger partial charge in [-0.2, -0.15) is 0 Å². The molecule has 9 heteroatoms. The first-order chi connectivity index (χ1) is 12.3. The zero-order valence-corrected chi connectivity index (χ0v) is 15.0. The van der Waals surface area contributed by atoms with Gasteiger partial charge in [0.25, 0.3) is 9.05 Å². The van der Waals surface area contributed by atoms with Gasteiger partial charge in [-0.05, 0) is 24.3 Å². The van der Waals surface area contributed by atoms with Gasteiger partial charge in [0.05, 0.1) is 17.4 Å². The Labute approximate surface area is 153 Å². The van der Waals surface area contributed by atoms with Gasteiger partial charge in [0.2, 0.25) is 0 Å². The number of fused-ring (bicyclic) bond motifs is 1. The topological polar surface area (TPSA) is 109 Å². The van der Waals surface area contributed by atoms with Crippen molar-refractivity contribution < 1.29 is 23.4 Å². The monoisotopic (exact) mass is 392 g/mol. The Bertz CT molecular complexity index is 1130. The molecule has 0 saturated carbocycles. The maximum atomic E-state index is 11.9. The number of hydrogen-bond acceptors (Lipinski definition) is 7. The van der Waals surface area contributed by atoms with Gasteiger partial charge in [0.15, 0.2) is 5.75 Å². The highest BCUT2D eigenvalue weighted by Gasteiger charge is 2.21. The highest BCUT2D eigenvalue weighted by Crippen LogP contribution is 2.44. The minimum Gasteiger partial charge on any atom is -0.507 e. The van der Waals surface area contributed by atoms with Crippen molar-refractivity contribution in [1.82, 2.24) is 0 Å². The number of phenolic OH excluding ortho intramolecular Hbond substituents is 2. The van der Waals surface area contributed by atoms with Crippen LogP contribution in [0.2, 0.25) is 0 Å². The van der Waals surface area contributed by atoms with E-state index >= 15 is 0 Å². The third-order valence-corrected chi connectivity index (χ3v) is 5.03. The van der Waals surface area contributed by atoms with Gasteiger partial charge >= 0.3 is 0 Å². The molecule has 0 aliphatic heterocycles. The number of halogens is 1. The molecule has 26 heavy (non-hydrogen) atoms. The van der Waals surface area contributed by atoms with Crippen LogP contribution < -0.4 is 4.74 Å². The number of para-hydroxylation sites is 1. The lowest BCUT2D eigenvalue weighted by molar-refractivity contribution is 0.416. The van der Waals surface area contributed by atoms with E-state index in [0.717, 1.165) is 6.07 Å². The Morgan fingerprint density at radius 2 is 1.69 bits per heavy atom. The molecule has 0 fully saturated rings. The fourth-order valence-corrected chi connectivity index (χ4v) is 3.56. The van der Waals surface area contributed by atoms with Crippen molar-refractivity contribution in [2.24, 2.45) is 10.2 Å². The van der Waals surface area contributed by atoms with E-state index in [9.17, 15) is 18.6 Å². The van der Waals surface area contributed by atoms with Crippen molar-refractivity contribution in [3.63, 3.8) is 0 Å². The van der Waals surface area contributed by atoms with Crippen LogP contribution in [-0.2, 0) is 9.05 Å². The second-order valence-electron chi connectivity index (χ2n) is 5.25. The molecule has 0 aliphatic rings. The molecule has 0 heterocycles. The number of rotatable bonds is 4. The molecule has 0 atom stereocenters. The zero-order chi connectivity index (χ0) is 18.9. The molecule has 3 aromatic rings. The van der Waals surface area contributed by atoms with Crippen LogP contribution in [-0.4, -0.2) is 25.7 Å². The van der Waals surface area contributed by atoms with Crippen molar-refractivity contribution in [2.75, 3.05) is 7.11 Å². The smallest absolute Gasteiger partial charge is 0.262 e. The standard InChI is InChI=1S/C17H13ClN2O5S/c1-25-14-8-3-2-6-11(14)19-20-12-9-15(26(18,23)24)10-5-4-7-13(21)16(10)17(12)22/h2-9,21-22H,1H3/b20-19+. The van der Waals surface area contributed by atoms with E-state index in [1.165, 1.54) is 25.3 Å². The molecule has 3 rings (SSSR count). The Morgan fingerprint density at radius 3 is 2.38 bits per heavy atom. The average molecular weight is 393 g/mol. The van der Waals surface area contributed by atoms with Crippen LogP contribution in [0.1, 0.15) is 0 Å². The van der Waals surface area contributed by atoms with Crippen LogP contribution in [0, 0.1) is 0 Å². The Balaban J connectivity index is 2.25. The van der Waals surface area contributed by atoms with Gasteiger partial charge in [-0.15, -0.1) is 10.2 Å². The molecular formula is C17H13ClN2O5S. The van der Waals surface area contributed by atoms with Gasteiger partial charge in [0.1, 0.15) is 22.9 Å². The lowest BCUT2D eigenvalue weighted by Crippen LogP contribution is -1.93. The van der Waals surface area contributed by atoms with Crippen molar-refractivity contribution in [3.05, 3.63) is 48.5 Å². The number of azo groups is 1. The Kier molecular flexibility index (Phi) is 4.71. The van der Waals surface area contributed by atoms with Crippen molar-refractivity contribution in [3.8, 4) is 17.2 Å². The first-order valence-corrected chi connectivity index (χ1v) is 9.61. The highest BCUT2D eigenvalue weighted by atomic mass is 35.7. The minimum atomic E-state index is -4.16. The Hall–Kier alpha value is -2.84. The molecule has 0 amide bonds. The molecule has 0 unspecified atom stereocenters. The molecular weight excluding hydrogens is 380 g/mol. The van der Waals surface area contributed by atoms with E-state index in [-0.39, 0.29) is 27.1 Å². The van der Waals surface area contributed by atoms with Gasteiger partial charge in [0, 0.05) is 16.1 Å². The van der Waals surface area contributed by atoms with Crippen LogP contribution in [0.25, 0.3) is 10.8 Å². The summed E-state index contributed by atoms with van der Waals surface area (Å²) < 4.78 is 29.0. The van der Waals surface area contributed by atoms with E-state index in [0.29, 0.717) is 11.4 Å². The van der Waals surface area contributed by atoms with Crippen LogP contribution >= 0.6 is 10.7 Å². The predicted molar refractivity (Wildman–Crippen MR) is 97.5 cm³/mol. The second-order valence-corrected chi connectivity index (χ2v) is 7.79. The van der Waals surface area contributed by atoms with Crippen LogP contribution in [0.15, 0.2) is 63.7 Å². The molecule has 2 N–H and O–H groups in total. The third kappa shape index (κ3) is 3.29. The number of benzene rings is 3. The summed E-state index contributed by atoms with van der Waals surface area (Å²) in [6.07, 6.45) is 0. The first kappa shape index (κ1) is 18.0. The summed E-state index contributed by atoms with van der Waals surface area (Å²) in [7, 11) is 2.81. The molecule has 0 saturated heterocycles. The normalized spacial score (nSPS) is 11.9. The third-order valence-electron chi connectivity index (χ3n) is 3.67. The largest absolute Gasteiger partial charge is 0.507 e. The molecule has 3 aromatic carbocycles. The van der Waals surface area contributed by atoms with Gasteiger partial charge in [-0.3, -0.25) is 0 Å². The fraction of sp³-hybridized carbons (Fsp3) is 0.0588. The molecule has 0 aromatic heterocycles. The predicted octanol–water partition coefficient (Wildman–Crippen LogP) is 4.60. The lowest BCUT2D eigenvalue weighted by atomic mass is 10.1. The second kappa shape index (κ2) is 6.81. The summed E-state index contributed by atoms with van der Waals surface area (Å²) in [5.41, 5.74) is 0.214. The number of methoxy groups -OCH3 is 1. The summed E-state index contributed by atoms with van der Waals surface area (Å²) in [4.78, 5) is -0.295. The molecule has 0 bridgehead atoms. The molecule has 134 valence electrons. The van der Waals surface area contributed by atoms with Crippen LogP contribution in [0.5, 0.6) is 17.2 Å². The summed E-state index contributed by atoms with van der Waals surface area (Å²) in [6, 6.07) is 12.1. The number of phenols is 2. The first-order valence-electron chi connectivity index (χ1n) is 7.30. The van der Waals surface area contributed by atoms with E-state index in [4.69, 9.17) is 15.4 Å². The van der Waals surface area contributed by atoms with E-state index in [1.807, 2.05) is 0 Å². The quantitative estimate of drug-likeness (QED) is 0.498. The van der Waals surface area contributed by atoms with Crippen LogP contribution in [0.3, 0.4) is 0 Å². The van der Waals surface area contributed by atoms with E-state index < -0.39 is 14.8 Å². The minimum absolute atomic E-state index is 0.0775. The summed E-state index contributed by atoms with van der Waals surface area (Å²) in [5.74, 6) is -0.277.